The Kier molecular flexibility index (Phi) is 14.4. The van der Waals surface area contributed by atoms with Crippen LogP contribution in [-0.4, -0.2) is 123 Å². The summed E-state index contributed by atoms with van der Waals surface area (Å²) in [6.07, 6.45) is 4.23. The number of nitrogens with one attached hydrogen (secondary N) is 1. The van der Waals surface area contributed by atoms with Crippen molar-refractivity contribution in [1.82, 2.24) is 34.8 Å². The van der Waals surface area contributed by atoms with E-state index in [1.165, 1.54) is 36.9 Å². The van der Waals surface area contributed by atoms with Crippen LogP contribution in [0.2, 0.25) is 0 Å². The predicted octanol–water partition coefficient (Wildman–Crippen LogP) is 5.94. The zero-order valence-corrected chi connectivity index (χ0v) is 40.0. The standard InChI is InChI=1S/C51H65FN8O7/c1-10-42(61)57-24-21-35(29-57)47(63)56(8)45(51(6,7)52)46(62)55-39-26-32-15-12-16-33(25-32)34-19-20-40-37(27-34)38(44(58(40)11-2)36-17-13-22-54-43(36)31(3)66-9)28-50(4,5)30-67-49(65)41-18-14-23-59(48(39)64)60(41)53/h10,12-13,15-17,19-20,22,25,27,31,35,39,41,45H,1,11,14,18,21,23-24,26,28-30,53H2,2-9H3,(H,55,62)/t31-,35-,39-,41-,45+/m0/s1. The van der Waals surface area contributed by atoms with Crippen molar-refractivity contribution in [2.24, 2.45) is 17.2 Å². The Labute approximate surface area is 392 Å². The molecule has 2 aromatic heterocycles. The highest BCUT2D eigenvalue weighted by Crippen LogP contribution is 2.42. The van der Waals surface area contributed by atoms with Gasteiger partial charge in [-0.25, -0.2) is 10.2 Å². The second-order valence-corrected chi connectivity index (χ2v) is 19.4. The summed E-state index contributed by atoms with van der Waals surface area (Å²) in [6.45, 7) is 15.4. The SMILES string of the molecule is C=CC(=O)N1CC[C@H](C(=O)N(C)[C@H](C(=O)N[C@H]2Cc3cccc(c3)-c3ccc4c(c3)c(c(-c3cccnc3[C@H](C)OC)n4CC)CC(C)(C)COC(=O)[C@@H]3CCCN(C2=O)N3N)C(C)(C)F)C1. The van der Waals surface area contributed by atoms with Crippen molar-refractivity contribution in [2.75, 3.05) is 40.4 Å². The number of carbonyl (C=O) groups is 5. The number of aryl methyl sites for hydroxylation is 1. The number of hydrogen-bond donors (Lipinski definition) is 2. The van der Waals surface area contributed by atoms with Crippen molar-refractivity contribution in [3.8, 4) is 22.4 Å². The van der Waals surface area contributed by atoms with Gasteiger partial charge in [0.25, 0.3) is 5.91 Å². The number of rotatable bonds is 10. The average Bonchev–Trinajstić information content (AvgIpc) is 3.92. The van der Waals surface area contributed by atoms with E-state index in [9.17, 15) is 24.0 Å². The molecule has 4 amide bonds. The number of pyridine rings is 1. The zero-order chi connectivity index (χ0) is 48.5. The first-order valence-corrected chi connectivity index (χ1v) is 23.2. The fraction of sp³-hybridized carbons (Fsp3) is 0.490. The molecular weight excluding hydrogens is 856 g/mol. The van der Waals surface area contributed by atoms with Gasteiger partial charge >= 0.3 is 5.97 Å². The van der Waals surface area contributed by atoms with Gasteiger partial charge in [0.05, 0.1) is 30.0 Å². The van der Waals surface area contributed by atoms with Crippen molar-refractivity contribution >= 4 is 40.5 Å². The number of nitrogens with zero attached hydrogens (tertiary/aromatic N) is 6. The first kappa shape index (κ1) is 48.9. The molecule has 358 valence electrons. The number of cyclic esters (lactones) is 1. The van der Waals surface area contributed by atoms with Gasteiger partial charge in [-0.3, -0.25) is 34.0 Å². The molecule has 16 heteroatoms. The normalized spacial score (nSPS) is 21.3. The van der Waals surface area contributed by atoms with E-state index in [2.05, 4.69) is 61.5 Å². The highest BCUT2D eigenvalue weighted by Gasteiger charge is 2.46. The minimum absolute atomic E-state index is 0.0320. The molecule has 3 N–H and O–H groups in total. The number of amides is 4. The van der Waals surface area contributed by atoms with Crippen LogP contribution in [0.15, 0.2) is 73.4 Å². The fourth-order valence-corrected chi connectivity index (χ4v) is 10.1. The highest BCUT2D eigenvalue weighted by atomic mass is 19.1. The maximum atomic E-state index is 16.3. The Morgan fingerprint density at radius 2 is 1.85 bits per heavy atom. The zero-order valence-electron chi connectivity index (χ0n) is 40.0. The van der Waals surface area contributed by atoms with Gasteiger partial charge in [0.2, 0.25) is 17.7 Å². The number of aromatic nitrogens is 2. The van der Waals surface area contributed by atoms with Gasteiger partial charge in [0.1, 0.15) is 23.8 Å². The molecule has 0 aliphatic carbocycles. The first-order chi connectivity index (χ1) is 31.8. The van der Waals surface area contributed by atoms with Gasteiger partial charge in [-0.15, -0.1) is 5.12 Å². The van der Waals surface area contributed by atoms with Crippen molar-refractivity contribution in [3.63, 3.8) is 0 Å². The quantitative estimate of drug-likeness (QED) is 0.110. The monoisotopic (exact) mass is 920 g/mol. The number of likely N-dealkylation sites (N-methyl/N-ethyl adjacent to an activating group) is 1. The number of benzene rings is 2. The van der Waals surface area contributed by atoms with Crippen LogP contribution in [0.3, 0.4) is 0 Å². The third-order valence-corrected chi connectivity index (χ3v) is 13.5. The van der Waals surface area contributed by atoms with Crippen LogP contribution in [0.5, 0.6) is 0 Å². The summed E-state index contributed by atoms with van der Waals surface area (Å²) in [6, 6.07) is 14.1. The lowest BCUT2D eigenvalue weighted by molar-refractivity contribution is -0.179. The molecule has 5 atom stereocenters. The summed E-state index contributed by atoms with van der Waals surface area (Å²) in [5.74, 6) is 3.09. The Balaban J connectivity index is 1.32. The molecule has 2 fully saturated rings. The third kappa shape index (κ3) is 10.0. The summed E-state index contributed by atoms with van der Waals surface area (Å²) in [5.41, 5.74) is 4.47. The first-order valence-electron chi connectivity index (χ1n) is 23.2. The Morgan fingerprint density at radius 1 is 1.10 bits per heavy atom. The summed E-state index contributed by atoms with van der Waals surface area (Å²) in [7, 11) is 3.03. The van der Waals surface area contributed by atoms with Crippen LogP contribution in [0, 0.1) is 11.3 Å². The summed E-state index contributed by atoms with van der Waals surface area (Å²) in [4.78, 5) is 77.0. The van der Waals surface area contributed by atoms with Gasteiger partial charge in [-0.1, -0.05) is 50.8 Å². The third-order valence-electron chi connectivity index (χ3n) is 13.5. The Hall–Kier alpha value is -5.97. The predicted molar refractivity (Wildman–Crippen MR) is 253 cm³/mol. The summed E-state index contributed by atoms with van der Waals surface area (Å²) >= 11 is 0. The summed E-state index contributed by atoms with van der Waals surface area (Å²) in [5, 5.41) is 6.19. The molecule has 0 radical (unpaired) electrons. The van der Waals surface area contributed by atoms with Gasteiger partial charge in [-0.05, 0) is 106 Å². The van der Waals surface area contributed by atoms with Crippen LogP contribution in [0.25, 0.3) is 33.3 Å². The van der Waals surface area contributed by atoms with Gasteiger partial charge in [0.15, 0.2) is 0 Å². The second kappa shape index (κ2) is 19.7. The van der Waals surface area contributed by atoms with E-state index >= 15 is 4.39 Å². The molecule has 15 nitrogen and oxygen atoms in total. The van der Waals surface area contributed by atoms with Crippen LogP contribution >= 0.6 is 0 Å². The van der Waals surface area contributed by atoms with E-state index in [1.54, 1.807) is 13.3 Å². The van der Waals surface area contributed by atoms with Crippen LogP contribution in [0.4, 0.5) is 4.39 Å². The number of halogens is 1. The molecule has 6 bridgehead atoms. The van der Waals surface area contributed by atoms with Crippen molar-refractivity contribution in [2.45, 2.75) is 110 Å². The second-order valence-electron chi connectivity index (χ2n) is 19.4. The summed E-state index contributed by atoms with van der Waals surface area (Å²) < 4.78 is 30.5. The van der Waals surface area contributed by atoms with Crippen LogP contribution < -0.4 is 11.2 Å². The number of alkyl halides is 1. The molecule has 3 aliphatic heterocycles. The lowest BCUT2D eigenvalue weighted by atomic mass is 9.84. The van der Waals surface area contributed by atoms with Crippen molar-refractivity contribution in [1.29, 1.82) is 0 Å². The molecule has 7 rings (SSSR count). The van der Waals surface area contributed by atoms with E-state index in [0.717, 1.165) is 54.6 Å². The topological polar surface area (TPSA) is 173 Å². The number of ether oxygens (including phenoxy) is 2. The minimum Gasteiger partial charge on any atom is -0.464 e. The fourth-order valence-electron chi connectivity index (χ4n) is 10.1. The van der Waals surface area contributed by atoms with E-state index in [4.69, 9.17) is 20.3 Å². The number of hydrogen-bond acceptors (Lipinski definition) is 10. The van der Waals surface area contributed by atoms with E-state index < -0.39 is 58.8 Å². The molecule has 0 saturated carbocycles. The number of likely N-dealkylation sites (tertiary alicyclic amines) is 1. The van der Waals surface area contributed by atoms with Gasteiger partial charge in [0, 0.05) is 74.8 Å². The maximum Gasteiger partial charge on any atom is 0.326 e. The minimum atomic E-state index is -2.26. The lowest BCUT2D eigenvalue weighted by Gasteiger charge is -2.42. The Bertz CT molecular complexity index is 2550. The number of fused-ring (bicyclic) bond motifs is 6. The number of carbonyl (C=O) groups excluding carboxylic acids is 5. The molecule has 0 unspecified atom stereocenters. The Morgan fingerprint density at radius 3 is 2.55 bits per heavy atom. The maximum absolute atomic E-state index is 16.3. The number of nitrogens with two attached hydrogens (primary N) is 1. The number of methoxy groups -OCH3 is 1. The van der Waals surface area contributed by atoms with Gasteiger partial charge < -0.3 is 29.2 Å². The van der Waals surface area contributed by atoms with Crippen molar-refractivity contribution in [3.05, 3.63) is 90.3 Å². The molecule has 2 aromatic carbocycles. The van der Waals surface area contributed by atoms with Crippen LogP contribution in [0.1, 0.15) is 83.7 Å². The van der Waals surface area contributed by atoms with Crippen LogP contribution in [-0.2, 0) is 52.8 Å². The molecular formula is C51H65FN8O7. The number of hydrazine groups is 2. The average molecular weight is 921 g/mol. The molecule has 4 aromatic rings. The lowest BCUT2D eigenvalue weighted by Crippen LogP contribution is -2.66. The number of esters is 1. The largest absolute Gasteiger partial charge is 0.464 e. The molecule has 5 heterocycles. The molecule has 67 heavy (non-hydrogen) atoms. The van der Waals surface area contributed by atoms with E-state index in [0.29, 0.717) is 44.3 Å². The van der Waals surface area contributed by atoms with E-state index in [1.807, 2.05) is 37.3 Å². The smallest absolute Gasteiger partial charge is 0.326 e. The molecule has 2 saturated heterocycles. The molecule has 0 spiro atoms. The highest BCUT2D eigenvalue weighted by molar-refractivity contribution is 5.96. The van der Waals surface area contributed by atoms with E-state index in [-0.39, 0.29) is 38.1 Å². The van der Waals surface area contributed by atoms with Crippen molar-refractivity contribution < 1.29 is 37.8 Å². The van der Waals surface area contributed by atoms with Gasteiger partial charge in [-0.2, -0.15) is 0 Å². The molecule has 3 aliphatic rings.